The van der Waals surface area contributed by atoms with E-state index in [1.165, 1.54) is 0 Å². The standard InChI is InChI=1S/Bi.Li.H2O.H2Se.H2Te.3H/h;;3*1H2;;;/q;+1;;;;;;/p-1. The molecule has 0 saturated carbocycles. The first kappa shape index (κ1) is 46.7. The topological polar surface area (TPSA) is 30.0 Å². The monoisotopic (exact) mass is 450 g/mol. The first-order valence-electron chi connectivity index (χ1n) is 0. The van der Waals surface area contributed by atoms with Gasteiger partial charge in [-0.1, -0.05) is 0 Å². The van der Waals surface area contributed by atoms with Gasteiger partial charge < -0.3 is 5.48 Å². The van der Waals surface area contributed by atoms with E-state index in [1.807, 2.05) is 0 Å². The molecule has 0 atom stereocenters. The van der Waals surface area contributed by atoms with Crippen LogP contribution in [0.5, 0.6) is 0 Å². The zero-order chi connectivity index (χ0) is 0. The van der Waals surface area contributed by atoms with Crippen LogP contribution < -0.4 is 18.9 Å². The van der Waals surface area contributed by atoms with Crippen LogP contribution in [0.3, 0.4) is 0 Å². The molecule has 0 spiro atoms. The zero-order valence-corrected chi connectivity index (χ0v) is 13.6. The van der Waals surface area contributed by atoms with Gasteiger partial charge in [-0.15, -0.1) is 0 Å². The summed E-state index contributed by atoms with van der Waals surface area (Å²) in [5.74, 6) is 0. The second-order valence-electron chi connectivity index (χ2n) is 0. The van der Waals surface area contributed by atoms with E-state index in [9.17, 15) is 0 Å². The molecule has 1 N–H and O–H groups in total. The summed E-state index contributed by atoms with van der Waals surface area (Å²) < 4.78 is 0. The molecule has 0 radical (unpaired) electrons. The Morgan fingerprint density at radius 1 is 1.00 bits per heavy atom. The van der Waals surface area contributed by atoms with E-state index >= 15 is 0 Å². The van der Waals surface area contributed by atoms with Crippen LogP contribution in [0.1, 0.15) is 0 Å². The molecule has 0 aromatic heterocycles. The minimum absolute atomic E-state index is 0. The van der Waals surface area contributed by atoms with Crippen molar-refractivity contribution in [3.8, 4) is 0 Å². The average molecular weight is 447 g/mol. The molecule has 5 heavy (non-hydrogen) atoms. The Bertz CT molecular complexity index is 11.6. The summed E-state index contributed by atoms with van der Waals surface area (Å²) in [7, 11) is 0. The summed E-state index contributed by atoms with van der Waals surface area (Å²) in [4.78, 5) is 0. The SMILES string of the molecule is [BiH3].[Li+].[OH-].[SeH2].[TeH2]. The van der Waals surface area contributed by atoms with Gasteiger partial charge in [-0.3, -0.25) is 0 Å². The number of hydrogen-bond acceptors (Lipinski definition) is 1. The summed E-state index contributed by atoms with van der Waals surface area (Å²) in [6.07, 6.45) is 0. The molecule has 0 aromatic rings. The Morgan fingerprint density at radius 3 is 1.00 bits per heavy atom. The minimum atomic E-state index is 0. The third-order valence-corrected chi connectivity index (χ3v) is 0. The van der Waals surface area contributed by atoms with Gasteiger partial charge in [0.25, 0.3) is 0 Å². The van der Waals surface area contributed by atoms with Gasteiger partial charge in [0.15, 0.2) is 0 Å². The molecular formula is H8BiLiOSeTe. The van der Waals surface area contributed by atoms with Crippen LogP contribution in [0.2, 0.25) is 0 Å². The number of rotatable bonds is 0. The molecule has 0 unspecified atom stereocenters. The first-order chi connectivity index (χ1) is 0. The molecule has 0 aliphatic carbocycles. The van der Waals surface area contributed by atoms with E-state index in [1.54, 1.807) is 0 Å². The van der Waals surface area contributed by atoms with Gasteiger partial charge in [0.2, 0.25) is 0 Å². The zero-order valence-electron chi connectivity index (χ0n) is 3.15. The summed E-state index contributed by atoms with van der Waals surface area (Å²) in [5, 5.41) is 0. The molecule has 0 heterocycles. The quantitative estimate of drug-likeness (QED) is 0.341. The molecule has 0 aliphatic rings. The third kappa shape index (κ3) is 20.1. The molecule has 0 rings (SSSR count). The summed E-state index contributed by atoms with van der Waals surface area (Å²) >= 11 is 0. The van der Waals surface area contributed by atoms with Crippen molar-refractivity contribution in [2.45, 2.75) is 0 Å². The first-order valence-corrected chi connectivity index (χ1v) is 0. The Kier molecular flexibility index (Phi) is 276. The average Bonchev–Trinajstić information content (AvgIpc) is 0. The third-order valence-electron chi connectivity index (χ3n) is 0. The summed E-state index contributed by atoms with van der Waals surface area (Å²) in [5.41, 5.74) is 0. The van der Waals surface area contributed by atoms with Gasteiger partial charge in [0, 0.05) is 0 Å². The molecule has 0 bridgehead atoms. The fourth-order valence-electron chi connectivity index (χ4n) is 0. The molecule has 0 aliphatic heterocycles. The Balaban J connectivity index is 0. The molecular weight excluding hydrogens is 438 g/mol. The van der Waals surface area contributed by atoms with Crippen molar-refractivity contribution in [3.05, 3.63) is 0 Å². The molecule has 0 fully saturated rings. The summed E-state index contributed by atoms with van der Waals surface area (Å²) in [6.45, 7) is 0. The van der Waals surface area contributed by atoms with E-state index in [2.05, 4.69) is 0 Å². The Morgan fingerprint density at radius 2 is 1.00 bits per heavy atom. The fourth-order valence-corrected chi connectivity index (χ4v) is 0. The van der Waals surface area contributed by atoms with Crippen molar-refractivity contribution >= 4 is 66.9 Å². The van der Waals surface area contributed by atoms with Crippen LogP contribution in [0.25, 0.3) is 0 Å². The van der Waals surface area contributed by atoms with Gasteiger partial charge in [0.05, 0.1) is 0 Å². The predicted octanol–water partition coefficient (Wildman–Crippen LogP) is -6.19. The second-order valence-corrected chi connectivity index (χ2v) is 0. The van der Waals surface area contributed by atoms with Gasteiger partial charge in [-0.25, -0.2) is 0 Å². The van der Waals surface area contributed by atoms with Gasteiger partial charge >= 0.3 is 85.8 Å². The van der Waals surface area contributed by atoms with Crippen LogP contribution in [-0.2, 0) is 0 Å². The van der Waals surface area contributed by atoms with Crippen molar-refractivity contribution in [2.24, 2.45) is 0 Å². The van der Waals surface area contributed by atoms with Crippen molar-refractivity contribution < 1.29 is 24.3 Å². The molecule has 0 amide bonds. The molecule has 32 valence electrons. The van der Waals surface area contributed by atoms with Crippen LogP contribution in [0, 0.1) is 0 Å². The fraction of sp³-hybridized carbons (Fsp3) is 0. The van der Waals surface area contributed by atoms with Crippen molar-refractivity contribution in [1.29, 1.82) is 0 Å². The van der Waals surface area contributed by atoms with Crippen molar-refractivity contribution in [2.75, 3.05) is 0 Å². The molecule has 0 saturated heterocycles. The Labute approximate surface area is 89.8 Å². The maximum atomic E-state index is 0. The van der Waals surface area contributed by atoms with Gasteiger partial charge in [-0.2, -0.15) is 0 Å². The number of hydrogen-bond donors (Lipinski definition) is 0. The van der Waals surface area contributed by atoms with E-state index in [-0.39, 0.29) is 91.3 Å². The van der Waals surface area contributed by atoms with Crippen LogP contribution in [0.4, 0.5) is 0 Å². The summed E-state index contributed by atoms with van der Waals surface area (Å²) in [6, 6.07) is 0. The maximum absolute atomic E-state index is 0. The molecule has 5 heteroatoms. The van der Waals surface area contributed by atoms with Gasteiger partial charge in [-0.05, 0) is 0 Å². The van der Waals surface area contributed by atoms with E-state index in [4.69, 9.17) is 0 Å². The van der Waals surface area contributed by atoms with E-state index in [0.717, 1.165) is 0 Å². The van der Waals surface area contributed by atoms with Crippen LogP contribution >= 0.6 is 0 Å². The predicted molar refractivity (Wildman–Crippen MR) is 29.0 cm³/mol. The van der Waals surface area contributed by atoms with Crippen molar-refractivity contribution in [3.63, 3.8) is 0 Å². The molecule has 1 nitrogen and oxygen atoms in total. The normalized spacial score (nSPS) is 0. The van der Waals surface area contributed by atoms with Crippen molar-refractivity contribution in [1.82, 2.24) is 0 Å². The van der Waals surface area contributed by atoms with Crippen LogP contribution in [0.15, 0.2) is 0 Å². The van der Waals surface area contributed by atoms with E-state index < -0.39 is 0 Å². The van der Waals surface area contributed by atoms with E-state index in [0.29, 0.717) is 0 Å². The second kappa shape index (κ2) is 29.5. The van der Waals surface area contributed by atoms with Crippen LogP contribution in [-0.4, -0.2) is 72.4 Å². The van der Waals surface area contributed by atoms with Gasteiger partial charge in [0.1, 0.15) is 0 Å². The molecule has 0 aromatic carbocycles. The Hall–Kier alpha value is 2.75.